The van der Waals surface area contributed by atoms with Crippen LogP contribution in [0.25, 0.3) is 0 Å². The Kier molecular flexibility index (Phi) is 2.24. The number of hydrogen-bond donors (Lipinski definition) is 1. The molecule has 2 rings (SSSR count). The molecule has 1 atom stereocenters. The first kappa shape index (κ1) is 11.3. The van der Waals surface area contributed by atoms with Crippen LogP contribution in [0.1, 0.15) is 17.5 Å². The van der Waals surface area contributed by atoms with Crippen LogP contribution in [0.5, 0.6) is 0 Å². The molecule has 0 aromatic heterocycles. The molecule has 1 N–H and O–H groups in total. The Morgan fingerprint density at radius 3 is 2.44 bits per heavy atom. The summed E-state index contributed by atoms with van der Waals surface area (Å²) in [7, 11) is 0. The van der Waals surface area contributed by atoms with Gasteiger partial charge in [-0.2, -0.15) is 0 Å². The third-order valence-corrected chi connectivity index (χ3v) is 3.42. The van der Waals surface area contributed by atoms with Gasteiger partial charge in [0.15, 0.2) is 5.41 Å². The van der Waals surface area contributed by atoms with Crippen molar-refractivity contribution >= 4 is 17.6 Å². The van der Waals surface area contributed by atoms with E-state index in [-0.39, 0.29) is 5.56 Å². The van der Waals surface area contributed by atoms with Crippen LogP contribution in [0.3, 0.4) is 0 Å². The third-order valence-electron chi connectivity index (χ3n) is 3.02. The van der Waals surface area contributed by atoms with Gasteiger partial charge in [-0.15, -0.1) is 0 Å². The molecule has 2 nitrogen and oxygen atoms in total. The van der Waals surface area contributed by atoms with Crippen molar-refractivity contribution in [2.45, 2.75) is 24.7 Å². The Labute approximate surface area is 95.8 Å². The molecule has 1 fully saturated rings. The van der Waals surface area contributed by atoms with Gasteiger partial charge in [0, 0.05) is 11.4 Å². The van der Waals surface area contributed by atoms with Crippen LogP contribution < -0.4 is 0 Å². The van der Waals surface area contributed by atoms with Crippen molar-refractivity contribution in [2.75, 3.05) is 0 Å². The van der Waals surface area contributed by atoms with Gasteiger partial charge in [-0.25, -0.2) is 8.78 Å². The van der Waals surface area contributed by atoms with Crippen LogP contribution in [0.2, 0.25) is 5.02 Å². The number of halogens is 3. The van der Waals surface area contributed by atoms with E-state index in [9.17, 15) is 13.6 Å². The van der Waals surface area contributed by atoms with E-state index in [1.165, 1.54) is 12.1 Å². The first-order valence-corrected chi connectivity index (χ1v) is 5.07. The van der Waals surface area contributed by atoms with Gasteiger partial charge in [0.05, 0.1) is 0 Å². The average molecular weight is 247 g/mol. The summed E-state index contributed by atoms with van der Waals surface area (Å²) in [4.78, 5) is 11.0. The molecule has 1 aromatic carbocycles. The topological polar surface area (TPSA) is 37.3 Å². The molecular formula is C11H9ClF2O2. The minimum atomic E-state index is -3.18. The molecule has 5 heteroatoms. The summed E-state index contributed by atoms with van der Waals surface area (Å²) in [6, 6.07) is 4.26. The van der Waals surface area contributed by atoms with E-state index in [1.807, 2.05) is 0 Å². The number of aliphatic carboxylic acids is 1. The standard InChI is InChI=1S/C11H9ClF2O2/c1-6-2-3-7(4-8(6)12)10(9(15)16)5-11(10,13)14/h2-4H,5H2,1H3,(H,15,16). The maximum absolute atomic E-state index is 13.2. The number of alkyl halides is 2. The van der Waals surface area contributed by atoms with Gasteiger partial charge in [-0.1, -0.05) is 23.7 Å². The molecule has 0 heterocycles. The van der Waals surface area contributed by atoms with Crippen molar-refractivity contribution in [3.63, 3.8) is 0 Å². The summed E-state index contributed by atoms with van der Waals surface area (Å²) in [5, 5.41) is 9.24. The van der Waals surface area contributed by atoms with Crippen molar-refractivity contribution in [3.05, 3.63) is 34.3 Å². The first-order valence-electron chi connectivity index (χ1n) is 4.69. The molecule has 1 unspecified atom stereocenters. The van der Waals surface area contributed by atoms with Gasteiger partial charge in [-0.05, 0) is 24.1 Å². The Hall–Kier alpha value is -1.16. The van der Waals surface area contributed by atoms with Gasteiger partial charge >= 0.3 is 5.97 Å². The molecule has 0 aliphatic heterocycles. The SMILES string of the molecule is Cc1ccc(C2(C(=O)O)CC2(F)F)cc1Cl. The van der Waals surface area contributed by atoms with Crippen molar-refractivity contribution in [1.82, 2.24) is 0 Å². The summed E-state index contributed by atoms with van der Waals surface area (Å²) in [5.41, 5.74) is -1.28. The average Bonchev–Trinajstić information content (AvgIpc) is 2.75. The lowest BCUT2D eigenvalue weighted by Gasteiger charge is -2.12. The molecule has 86 valence electrons. The van der Waals surface area contributed by atoms with E-state index in [0.717, 1.165) is 5.56 Å². The molecule has 0 spiro atoms. The zero-order valence-electron chi connectivity index (χ0n) is 8.43. The highest BCUT2D eigenvalue weighted by atomic mass is 35.5. The predicted molar refractivity (Wildman–Crippen MR) is 55.1 cm³/mol. The zero-order chi connectivity index (χ0) is 12.1. The number of carboxylic acids is 1. The molecule has 16 heavy (non-hydrogen) atoms. The van der Waals surface area contributed by atoms with Crippen molar-refractivity contribution in [1.29, 1.82) is 0 Å². The van der Waals surface area contributed by atoms with E-state index in [4.69, 9.17) is 16.7 Å². The number of carbonyl (C=O) groups is 1. The van der Waals surface area contributed by atoms with Gasteiger partial charge in [0.25, 0.3) is 5.92 Å². The first-order chi connectivity index (χ1) is 7.31. The highest BCUT2D eigenvalue weighted by molar-refractivity contribution is 6.31. The second-order valence-electron chi connectivity index (χ2n) is 4.06. The van der Waals surface area contributed by atoms with Crippen LogP contribution in [0.15, 0.2) is 18.2 Å². The molecule has 0 bridgehead atoms. The van der Waals surface area contributed by atoms with Crippen LogP contribution in [-0.2, 0) is 10.2 Å². The number of hydrogen-bond acceptors (Lipinski definition) is 1. The van der Waals surface area contributed by atoms with Crippen LogP contribution in [0, 0.1) is 6.92 Å². The minimum Gasteiger partial charge on any atom is -0.480 e. The minimum absolute atomic E-state index is 0.0700. The number of aryl methyl sites for hydroxylation is 1. The van der Waals surface area contributed by atoms with E-state index in [0.29, 0.717) is 5.02 Å². The van der Waals surface area contributed by atoms with Crippen LogP contribution in [-0.4, -0.2) is 17.0 Å². The maximum Gasteiger partial charge on any atom is 0.320 e. The maximum atomic E-state index is 13.2. The van der Waals surface area contributed by atoms with Gasteiger partial charge in [0.2, 0.25) is 0 Å². The fourth-order valence-electron chi connectivity index (χ4n) is 1.82. The lowest BCUT2D eigenvalue weighted by Crippen LogP contribution is -2.27. The molecule has 0 saturated heterocycles. The van der Waals surface area contributed by atoms with E-state index in [1.54, 1.807) is 13.0 Å². The quantitative estimate of drug-likeness (QED) is 0.871. The Bertz CT molecular complexity index is 473. The van der Waals surface area contributed by atoms with Crippen molar-refractivity contribution < 1.29 is 18.7 Å². The summed E-state index contributed by atoms with van der Waals surface area (Å²) in [5.74, 6) is -4.69. The lowest BCUT2D eigenvalue weighted by atomic mass is 9.94. The number of carboxylic acid groups (broad SMARTS) is 1. The fraction of sp³-hybridized carbons (Fsp3) is 0.364. The van der Waals surface area contributed by atoms with Crippen molar-refractivity contribution in [2.24, 2.45) is 0 Å². The predicted octanol–water partition coefficient (Wildman–Crippen LogP) is 3.01. The molecule has 1 saturated carbocycles. The molecule has 1 aromatic rings. The van der Waals surface area contributed by atoms with E-state index >= 15 is 0 Å². The number of rotatable bonds is 2. The molecule has 0 radical (unpaired) electrons. The number of benzene rings is 1. The van der Waals surface area contributed by atoms with Crippen LogP contribution >= 0.6 is 11.6 Å². The lowest BCUT2D eigenvalue weighted by molar-refractivity contribution is -0.142. The highest BCUT2D eigenvalue weighted by Gasteiger charge is 2.77. The summed E-state index contributed by atoms with van der Waals surface area (Å²) >= 11 is 5.81. The Morgan fingerprint density at radius 2 is 2.06 bits per heavy atom. The smallest absolute Gasteiger partial charge is 0.320 e. The molecule has 1 aliphatic rings. The summed E-state index contributed by atoms with van der Waals surface area (Å²) in [6.45, 7) is 1.73. The van der Waals surface area contributed by atoms with Crippen molar-refractivity contribution in [3.8, 4) is 0 Å². The van der Waals surface area contributed by atoms with Crippen LogP contribution in [0.4, 0.5) is 8.78 Å². The normalized spacial score (nSPS) is 26.5. The Morgan fingerprint density at radius 1 is 1.50 bits per heavy atom. The zero-order valence-corrected chi connectivity index (χ0v) is 9.18. The molecule has 0 amide bonds. The third kappa shape index (κ3) is 1.33. The Balaban J connectivity index is 2.51. The van der Waals surface area contributed by atoms with E-state index < -0.39 is 23.7 Å². The van der Waals surface area contributed by atoms with Gasteiger partial charge < -0.3 is 5.11 Å². The second kappa shape index (κ2) is 3.17. The highest BCUT2D eigenvalue weighted by Crippen LogP contribution is 2.61. The van der Waals surface area contributed by atoms with Gasteiger partial charge in [0.1, 0.15) is 0 Å². The van der Waals surface area contributed by atoms with E-state index in [2.05, 4.69) is 0 Å². The molecular weight excluding hydrogens is 238 g/mol. The summed E-state index contributed by atoms with van der Waals surface area (Å²) in [6.07, 6.45) is -0.658. The largest absolute Gasteiger partial charge is 0.480 e. The molecule has 1 aliphatic carbocycles. The van der Waals surface area contributed by atoms with Gasteiger partial charge in [-0.3, -0.25) is 4.79 Å². The second-order valence-corrected chi connectivity index (χ2v) is 4.46. The fourth-order valence-corrected chi connectivity index (χ4v) is 2.00. The monoisotopic (exact) mass is 246 g/mol. The summed E-state index contributed by atoms with van der Waals surface area (Å²) < 4.78 is 26.4.